The first-order valence-corrected chi connectivity index (χ1v) is 7.51. The predicted octanol–water partition coefficient (Wildman–Crippen LogP) is 4.42. The number of halogens is 1. The van der Waals surface area contributed by atoms with E-state index >= 15 is 0 Å². The monoisotopic (exact) mass is 334 g/mol. The molecular formula is C15H19BrN4. The molecule has 1 heterocycles. The van der Waals surface area contributed by atoms with E-state index in [0.29, 0.717) is 0 Å². The summed E-state index contributed by atoms with van der Waals surface area (Å²) in [7, 11) is 0. The van der Waals surface area contributed by atoms with E-state index in [1.807, 2.05) is 38.1 Å². The van der Waals surface area contributed by atoms with Crippen molar-refractivity contribution in [3.05, 3.63) is 40.1 Å². The summed E-state index contributed by atoms with van der Waals surface area (Å²) in [5.41, 5.74) is 2.04. The minimum Gasteiger partial charge on any atom is -0.370 e. The SMILES string of the molecule is CCCNc1nc(C)nc(Nc2ccc(Br)cc2)c1C. The van der Waals surface area contributed by atoms with Crippen LogP contribution in [0.4, 0.5) is 17.3 Å². The fourth-order valence-electron chi connectivity index (χ4n) is 1.84. The number of benzene rings is 1. The van der Waals surface area contributed by atoms with Crippen molar-refractivity contribution in [3.63, 3.8) is 0 Å². The van der Waals surface area contributed by atoms with Gasteiger partial charge in [0, 0.05) is 22.3 Å². The van der Waals surface area contributed by atoms with Crippen molar-refractivity contribution in [1.29, 1.82) is 0 Å². The standard InChI is InChI=1S/C15H19BrN4/c1-4-9-17-14-10(2)15(19-11(3)18-14)20-13-7-5-12(16)6-8-13/h5-8H,4,9H2,1-3H3,(H2,17,18,19,20). The lowest BCUT2D eigenvalue weighted by atomic mass is 10.2. The second-order valence-electron chi connectivity index (χ2n) is 4.65. The van der Waals surface area contributed by atoms with Crippen LogP contribution in [0.2, 0.25) is 0 Å². The highest BCUT2D eigenvalue weighted by Crippen LogP contribution is 2.24. The Bertz CT molecular complexity index is 581. The Balaban J connectivity index is 2.26. The van der Waals surface area contributed by atoms with Gasteiger partial charge in [-0.15, -0.1) is 0 Å². The van der Waals surface area contributed by atoms with E-state index in [9.17, 15) is 0 Å². The molecule has 0 amide bonds. The third kappa shape index (κ3) is 3.70. The number of aromatic nitrogens is 2. The molecule has 0 aliphatic heterocycles. The average Bonchev–Trinajstić information content (AvgIpc) is 2.43. The molecule has 0 saturated carbocycles. The van der Waals surface area contributed by atoms with Crippen molar-refractivity contribution < 1.29 is 0 Å². The van der Waals surface area contributed by atoms with Crippen LogP contribution in [0.1, 0.15) is 24.7 Å². The quantitative estimate of drug-likeness (QED) is 0.849. The maximum atomic E-state index is 4.49. The third-order valence-electron chi connectivity index (χ3n) is 2.91. The van der Waals surface area contributed by atoms with Gasteiger partial charge in [-0.25, -0.2) is 9.97 Å². The molecule has 1 aromatic carbocycles. The van der Waals surface area contributed by atoms with Crippen molar-refractivity contribution in [2.45, 2.75) is 27.2 Å². The lowest BCUT2D eigenvalue weighted by molar-refractivity contribution is 0.948. The van der Waals surface area contributed by atoms with Crippen molar-refractivity contribution in [2.24, 2.45) is 0 Å². The fraction of sp³-hybridized carbons (Fsp3) is 0.333. The summed E-state index contributed by atoms with van der Waals surface area (Å²) in [4.78, 5) is 8.94. The molecule has 106 valence electrons. The van der Waals surface area contributed by atoms with Crippen molar-refractivity contribution in [1.82, 2.24) is 9.97 Å². The van der Waals surface area contributed by atoms with Gasteiger partial charge in [0.15, 0.2) is 0 Å². The molecule has 2 rings (SSSR count). The van der Waals surface area contributed by atoms with E-state index in [0.717, 1.165) is 46.1 Å². The van der Waals surface area contributed by atoms with Gasteiger partial charge in [0.05, 0.1) is 0 Å². The number of anilines is 3. The van der Waals surface area contributed by atoms with E-state index in [2.05, 4.69) is 43.5 Å². The zero-order valence-corrected chi connectivity index (χ0v) is 13.6. The molecule has 0 aliphatic rings. The molecule has 4 nitrogen and oxygen atoms in total. The van der Waals surface area contributed by atoms with Gasteiger partial charge in [0.2, 0.25) is 0 Å². The van der Waals surface area contributed by atoms with E-state index in [1.165, 1.54) is 0 Å². The summed E-state index contributed by atoms with van der Waals surface area (Å²) in [6.07, 6.45) is 1.07. The molecule has 2 N–H and O–H groups in total. The van der Waals surface area contributed by atoms with Crippen LogP contribution in [0.5, 0.6) is 0 Å². The minimum absolute atomic E-state index is 0.758. The summed E-state index contributed by atoms with van der Waals surface area (Å²) in [5.74, 6) is 2.51. The lowest BCUT2D eigenvalue weighted by Gasteiger charge is -2.14. The van der Waals surface area contributed by atoms with Crippen LogP contribution in [0, 0.1) is 13.8 Å². The van der Waals surface area contributed by atoms with Gasteiger partial charge in [-0.2, -0.15) is 0 Å². The molecule has 5 heteroatoms. The van der Waals surface area contributed by atoms with Crippen LogP contribution in [0.25, 0.3) is 0 Å². The maximum absolute atomic E-state index is 4.49. The maximum Gasteiger partial charge on any atom is 0.139 e. The number of hydrogen-bond donors (Lipinski definition) is 2. The molecule has 0 fully saturated rings. The zero-order chi connectivity index (χ0) is 14.5. The normalized spacial score (nSPS) is 10.4. The fourth-order valence-corrected chi connectivity index (χ4v) is 2.10. The molecule has 1 aromatic heterocycles. The van der Waals surface area contributed by atoms with Crippen LogP contribution in [-0.2, 0) is 0 Å². The van der Waals surface area contributed by atoms with Gasteiger partial charge in [-0.3, -0.25) is 0 Å². The topological polar surface area (TPSA) is 49.8 Å². The molecule has 0 radical (unpaired) electrons. The zero-order valence-electron chi connectivity index (χ0n) is 12.0. The number of nitrogens with zero attached hydrogens (tertiary/aromatic N) is 2. The highest BCUT2D eigenvalue weighted by atomic mass is 79.9. The second kappa shape index (κ2) is 6.70. The minimum atomic E-state index is 0.758. The van der Waals surface area contributed by atoms with E-state index in [1.54, 1.807) is 0 Å². The Morgan fingerprint density at radius 1 is 1.05 bits per heavy atom. The Hall–Kier alpha value is -1.62. The molecular weight excluding hydrogens is 316 g/mol. The van der Waals surface area contributed by atoms with Crippen LogP contribution in [0.15, 0.2) is 28.7 Å². The number of rotatable bonds is 5. The van der Waals surface area contributed by atoms with Crippen LogP contribution < -0.4 is 10.6 Å². The Kier molecular flexibility index (Phi) is 4.95. The Labute approximate surface area is 128 Å². The first-order chi connectivity index (χ1) is 9.60. The van der Waals surface area contributed by atoms with Crippen LogP contribution in [-0.4, -0.2) is 16.5 Å². The van der Waals surface area contributed by atoms with Gasteiger partial charge < -0.3 is 10.6 Å². The molecule has 2 aromatic rings. The third-order valence-corrected chi connectivity index (χ3v) is 3.44. The summed E-state index contributed by atoms with van der Waals surface area (Å²) < 4.78 is 1.06. The highest BCUT2D eigenvalue weighted by molar-refractivity contribution is 9.10. The van der Waals surface area contributed by atoms with E-state index < -0.39 is 0 Å². The largest absolute Gasteiger partial charge is 0.370 e. The summed E-state index contributed by atoms with van der Waals surface area (Å²) in [6.45, 7) is 6.98. The van der Waals surface area contributed by atoms with Gasteiger partial charge in [0.1, 0.15) is 17.5 Å². The van der Waals surface area contributed by atoms with Crippen molar-refractivity contribution in [3.8, 4) is 0 Å². The average molecular weight is 335 g/mol. The van der Waals surface area contributed by atoms with Crippen molar-refractivity contribution >= 4 is 33.3 Å². The molecule has 20 heavy (non-hydrogen) atoms. The van der Waals surface area contributed by atoms with Gasteiger partial charge in [0.25, 0.3) is 0 Å². The van der Waals surface area contributed by atoms with Crippen LogP contribution in [0.3, 0.4) is 0 Å². The molecule has 0 atom stereocenters. The summed E-state index contributed by atoms with van der Waals surface area (Å²) in [6, 6.07) is 8.03. The number of nitrogens with one attached hydrogen (secondary N) is 2. The molecule has 0 spiro atoms. The first kappa shape index (κ1) is 14.8. The van der Waals surface area contributed by atoms with Crippen LogP contribution >= 0.6 is 15.9 Å². The van der Waals surface area contributed by atoms with Gasteiger partial charge in [-0.05, 0) is 44.5 Å². The predicted molar refractivity (Wildman–Crippen MR) is 87.7 cm³/mol. The Morgan fingerprint density at radius 3 is 2.35 bits per heavy atom. The van der Waals surface area contributed by atoms with E-state index in [-0.39, 0.29) is 0 Å². The summed E-state index contributed by atoms with van der Waals surface area (Å²) in [5, 5.41) is 6.69. The molecule has 0 bridgehead atoms. The molecule has 0 saturated heterocycles. The number of aryl methyl sites for hydroxylation is 1. The first-order valence-electron chi connectivity index (χ1n) is 6.72. The molecule has 0 aliphatic carbocycles. The lowest BCUT2D eigenvalue weighted by Crippen LogP contribution is -2.08. The van der Waals surface area contributed by atoms with Gasteiger partial charge >= 0.3 is 0 Å². The smallest absolute Gasteiger partial charge is 0.139 e. The molecule has 0 unspecified atom stereocenters. The Morgan fingerprint density at radius 2 is 1.70 bits per heavy atom. The number of hydrogen-bond acceptors (Lipinski definition) is 4. The van der Waals surface area contributed by atoms with Gasteiger partial charge in [-0.1, -0.05) is 22.9 Å². The summed E-state index contributed by atoms with van der Waals surface area (Å²) >= 11 is 3.43. The second-order valence-corrected chi connectivity index (χ2v) is 5.57. The van der Waals surface area contributed by atoms with Crippen molar-refractivity contribution in [2.75, 3.05) is 17.2 Å². The van der Waals surface area contributed by atoms with E-state index in [4.69, 9.17) is 0 Å². The highest BCUT2D eigenvalue weighted by Gasteiger charge is 2.09.